The van der Waals surface area contributed by atoms with E-state index in [2.05, 4.69) is 32.8 Å². The van der Waals surface area contributed by atoms with E-state index < -0.39 is 0 Å². The number of nitrogens with two attached hydrogens (primary N) is 1. The van der Waals surface area contributed by atoms with Gasteiger partial charge in [-0.1, -0.05) is 24.6 Å². The summed E-state index contributed by atoms with van der Waals surface area (Å²) in [7, 11) is 0. The van der Waals surface area contributed by atoms with Crippen molar-refractivity contribution in [1.29, 1.82) is 0 Å². The van der Waals surface area contributed by atoms with Gasteiger partial charge in [0, 0.05) is 17.5 Å². The van der Waals surface area contributed by atoms with E-state index in [1.54, 1.807) is 0 Å². The maximum atomic E-state index is 5.92. The summed E-state index contributed by atoms with van der Waals surface area (Å²) < 4.78 is 0. The summed E-state index contributed by atoms with van der Waals surface area (Å²) in [5, 5.41) is 14.1. The number of hydrogen-bond donors (Lipinski definition) is 2. The number of nitrogens with one attached hydrogen (secondary N) is 1. The van der Waals surface area contributed by atoms with Crippen LogP contribution in [0.3, 0.4) is 0 Å². The molecule has 1 aliphatic rings. The molecule has 0 radical (unpaired) electrons. The van der Waals surface area contributed by atoms with E-state index in [1.807, 2.05) is 12.1 Å². The van der Waals surface area contributed by atoms with Gasteiger partial charge in [-0.3, -0.25) is 0 Å². The standard InChI is InChI=1S/C12H15N5/c13-8-12(5-2-6-12)10-4-1-3-9(7-10)11-14-16-17-15-11/h1,3-4,7H,2,5-6,8,13H2,(H,14,15,16,17). The molecule has 1 aliphatic carbocycles. The lowest BCUT2D eigenvalue weighted by molar-refractivity contribution is 0.253. The Morgan fingerprint density at radius 1 is 1.35 bits per heavy atom. The van der Waals surface area contributed by atoms with Crippen LogP contribution in [0.4, 0.5) is 0 Å². The lowest BCUT2D eigenvalue weighted by Crippen LogP contribution is -2.41. The summed E-state index contributed by atoms with van der Waals surface area (Å²) in [6, 6.07) is 8.32. The van der Waals surface area contributed by atoms with Crippen molar-refractivity contribution in [2.45, 2.75) is 24.7 Å². The average Bonchev–Trinajstić information content (AvgIpc) is 2.82. The normalized spacial score (nSPS) is 17.7. The number of tetrazole rings is 1. The van der Waals surface area contributed by atoms with E-state index in [0.717, 1.165) is 5.56 Å². The van der Waals surface area contributed by atoms with Crippen molar-refractivity contribution in [3.63, 3.8) is 0 Å². The Hall–Kier alpha value is -1.75. The molecule has 0 aliphatic heterocycles. The Labute approximate surface area is 99.4 Å². The summed E-state index contributed by atoms with van der Waals surface area (Å²) in [5.41, 5.74) is 8.40. The van der Waals surface area contributed by atoms with Crippen molar-refractivity contribution in [3.05, 3.63) is 29.8 Å². The highest BCUT2D eigenvalue weighted by Gasteiger charge is 2.37. The highest BCUT2D eigenvalue weighted by Crippen LogP contribution is 2.43. The number of aromatic amines is 1. The highest BCUT2D eigenvalue weighted by atomic mass is 15.5. The highest BCUT2D eigenvalue weighted by molar-refractivity contribution is 5.56. The topological polar surface area (TPSA) is 80.5 Å². The molecule has 0 spiro atoms. The molecular formula is C12H15N5. The van der Waals surface area contributed by atoms with Crippen LogP contribution in [0.1, 0.15) is 24.8 Å². The first kappa shape index (κ1) is 10.4. The summed E-state index contributed by atoms with van der Waals surface area (Å²) in [6.07, 6.45) is 3.63. The van der Waals surface area contributed by atoms with Crippen LogP contribution in [0.25, 0.3) is 11.4 Å². The fourth-order valence-corrected chi connectivity index (χ4v) is 2.49. The first-order valence-electron chi connectivity index (χ1n) is 5.88. The number of nitrogens with zero attached hydrogens (tertiary/aromatic N) is 3. The summed E-state index contributed by atoms with van der Waals surface area (Å²) in [5.74, 6) is 0.637. The van der Waals surface area contributed by atoms with E-state index in [0.29, 0.717) is 12.4 Å². The van der Waals surface area contributed by atoms with Crippen molar-refractivity contribution in [1.82, 2.24) is 20.6 Å². The summed E-state index contributed by atoms with van der Waals surface area (Å²) >= 11 is 0. The number of benzene rings is 1. The first-order chi connectivity index (χ1) is 8.34. The zero-order chi connectivity index (χ0) is 11.7. The van der Waals surface area contributed by atoms with Crippen molar-refractivity contribution in [2.24, 2.45) is 5.73 Å². The molecule has 1 heterocycles. The van der Waals surface area contributed by atoms with Gasteiger partial charge in [-0.2, -0.15) is 5.21 Å². The molecule has 1 aromatic heterocycles. The predicted molar refractivity (Wildman–Crippen MR) is 64.2 cm³/mol. The maximum absolute atomic E-state index is 5.92. The van der Waals surface area contributed by atoms with Gasteiger partial charge in [-0.25, -0.2) is 0 Å². The van der Waals surface area contributed by atoms with Gasteiger partial charge in [0.2, 0.25) is 5.82 Å². The van der Waals surface area contributed by atoms with Crippen LogP contribution in [0.5, 0.6) is 0 Å². The quantitative estimate of drug-likeness (QED) is 0.830. The van der Waals surface area contributed by atoms with Crippen LogP contribution in [0, 0.1) is 0 Å². The number of hydrogen-bond acceptors (Lipinski definition) is 4. The third-order valence-electron chi connectivity index (χ3n) is 3.78. The van der Waals surface area contributed by atoms with Crippen LogP contribution in [0.15, 0.2) is 24.3 Å². The molecule has 0 bridgehead atoms. The SMILES string of the molecule is NCC1(c2cccc(-c3nn[nH]n3)c2)CCC1. The second-order valence-corrected chi connectivity index (χ2v) is 4.65. The zero-order valence-corrected chi connectivity index (χ0v) is 9.56. The third-order valence-corrected chi connectivity index (χ3v) is 3.78. The number of H-pyrrole nitrogens is 1. The monoisotopic (exact) mass is 229 g/mol. The van der Waals surface area contributed by atoms with Crippen LogP contribution in [-0.4, -0.2) is 27.2 Å². The maximum Gasteiger partial charge on any atom is 0.204 e. The smallest absolute Gasteiger partial charge is 0.204 e. The summed E-state index contributed by atoms with van der Waals surface area (Å²) in [4.78, 5) is 0. The Balaban J connectivity index is 1.99. The number of aromatic nitrogens is 4. The van der Waals surface area contributed by atoms with E-state index >= 15 is 0 Å². The predicted octanol–water partition coefficient (Wildman–Crippen LogP) is 1.25. The van der Waals surface area contributed by atoms with Gasteiger partial charge in [0.1, 0.15) is 0 Å². The van der Waals surface area contributed by atoms with Gasteiger partial charge in [0.05, 0.1) is 0 Å². The largest absolute Gasteiger partial charge is 0.330 e. The molecule has 2 aromatic rings. The van der Waals surface area contributed by atoms with Crippen LogP contribution >= 0.6 is 0 Å². The molecule has 1 aromatic carbocycles. The molecule has 3 rings (SSSR count). The van der Waals surface area contributed by atoms with Crippen LogP contribution in [-0.2, 0) is 5.41 Å². The van der Waals surface area contributed by atoms with Crippen molar-refractivity contribution in [2.75, 3.05) is 6.54 Å². The minimum Gasteiger partial charge on any atom is -0.330 e. The molecular weight excluding hydrogens is 214 g/mol. The fourth-order valence-electron chi connectivity index (χ4n) is 2.49. The van der Waals surface area contributed by atoms with Crippen LogP contribution in [0.2, 0.25) is 0 Å². The Morgan fingerprint density at radius 2 is 2.24 bits per heavy atom. The molecule has 1 fully saturated rings. The molecule has 0 atom stereocenters. The Kier molecular flexibility index (Phi) is 2.40. The van der Waals surface area contributed by atoms with E-state index in [1.165, 1.54) is 24.8 Å². The molecule has 5 heteroatoms. The van der Waals surface area contributed by atoms with Gasteiger partial charge in [0.25, 0.3) is 0 Å². The lowest BCUT2D eigenvalue weighted by atomic mass is 9.64. The minimum atomic E-state index is 0.180. The zero-order valence-electron chi connectivity index (χ0n) is 9.56. The Bertz CT molecular complexity index is 496. The first-order valence-corrected chi connectivity index (χ1v) is 5.88. The van der Waals surface area contributed by atoms with Gasteiger partial charge < -0.3 is 5.73 Å². The molecule has 5 nitrogen and oxygen atoms in total. The average molecular weight is 229 g/mol. The van der Waals surface area contributed by atoms with Gasteiger partial charge >= 0.3 is 0 Å². The van der Waals surface area contributed by atoms with E-state index in [-0.39, 0.29) is 5.41 Å². The third kappa shape index (κ3) is 1.63. The molecule has 0 amide bonds. The van der Waals surface area contributed by atoms with Crippen LogP contribution < -0.4 is 5.73 Å². The molecule has 88 valence electrons. The second-order valence-electron chi connectivity index (χ2n) is 4.65. The molecule has 3 N–H and O–H groups in total. The number of rotatable bonds is 3. The van der Waals surface area contributed by atoms with Crippen molar-refractivity contribution in [3.8, 4) is 11.4 Å². The minimum absolute atomic E-state index is 0.180. The fraction of sp³-hybridized carbons (Fsp3) is 0.417. The van der Waals surface area contributed by atoms with Gasteiger partial charge in [-0.15, -0.1) is 10.2 Å². The van der Waals surface area contributed by atoms with E-state index in [9.17, 15) is 0 Å². The van der Waals surface area contributed by atoms with Crippen molar-refractivity contribution >= 4 is 0 Å². The van der Waals surface area contributed by atoms with Crippen molar-refractivity contribution < 1.29 is 0 Å². The summed E-state index contributed by atoms with van der Waals surface area (Å²) in [6.45, 7) is 0.711. The molecule has 0 saturated heterocycles. The second kappa shape index (κ2) is 3.92. The molecule has 0 unspecified atom stereocenters. The van der Waals surface area contributed by atoms with E-state index in [4.69, 9.17) is 5.73 Å². The molecule has 1 saturated carbocycles. The van der Waals surface area contributed by atoms with Gasteiger partial charge in [-0.05, 0) is 29.7 Å². The molecule has 17 heavy (non-hydrogen) atoms. The Morgan fingerprint density at radius 3 is 2.82 bits per heavy atom. The lowest BCUT2D eigenvalue weighted by Gasteiger charge is -2.41. The van der Waals surface area contributed by atoms with Gasteiger partial charge in [0.15, 0.2) is 0 Å².